The molecular formula is C11H23NO. The summed E-state index contributed by atoms with van der Waals surface area (Å²) in [6.07, 6.45) is 4.28. The van der Waals surface area contributed by atoms with Crippen LogP contribution in [0, 0.1) is 0 Å². The average molecular weight is 185 g/mol. The van der Waals surface area contributed by atoms with Crippen LogP contribution in [0.15, 0.2) is 0 Å². The van der Waals surface area contributed by atoms with E-state index < -0.39 is 0 Å². The van der Waals surface area contributed by atoms with Gasteiger partial charge in [0, 0.05) is 13.1 Å². The topological polar surface area (TPSA) is 12.5 Å². The molecule has 2 fully saturated rings. The Kier molecular flexibility index (Phi) is 3.74. The molecule has 0 bridgehead atoms. The van der Waals surface area contributed by atoms with Crippen LogP contribution in [0.5, 0.6) is 0 Å². The second kappa shape index (κ2) is 4.43. The number of hydrogen-bond acceptors (Lipinski definition) is 2. The second-order valence-electron chi connectivity index (χ2n) is 4.14. The van der Waals surface area contributed by atoms with Gasteiger partial charge in [0.2, 0.25) is 0 Å². The van der Waals surface area contributed by atoms with Gasteiger partial charge in [-0.25, -0.2) is 0 Å². The van der Waals surface area contributed by atoms with E-state index in [-0.39, 0.29) is 5.60 Å². The molecule has 2 aliphatic heterocycles. The lowest BCUT2D eigenvalue weighted by molar-refractivity contribution is -0.0246. The molecule has 2 nitrogen and oxygen atoms in total. The van der Waals surface area contributed by atoms with Crippen molar-refractivity contribution in [1.82, 2.24) is 4.90 Å². The fourth-order valence-corrected chi connectivity index (χ4v) is 2.36. The number of likely N-dealkylation sites (N-methyl/N-ethyl adjacent to an activating group) is 1. The predicted molar refractivity (Wildman–Crippen MR) is 56.0 cm³/mol. The molecule has 0 radical (unpaired) electrons. The zero-order valence-electron chi connectivity index (χ0n) is 9.47. The molecule has 0 N–H and O–H groups in total. The number of nitrogens with zero attached hydrogens (tertiary/aromatic N) is 1. The van der Waals surface area contributed by atoms with Crippen LogP contribution in [0.2, 0.25) is 0 Å². The van der Waals surface area contributed by atoms with Gasteiger partial charge in [-0.15, -0.1) is 0 Å². The van der Waals surface area contributed by atoms with E-state index in [0.29, 0.717) is 6.10 Å². The van der Waals surface area contributed by atoms with Crippen LogP contribution in [0.3, 0.4) is 0 Å². The van der Waals surface area contributed by atoms with Crippen molar-refractivity contribution in [3.8, 4) is 0 Å². The molecule has 0 aromatic rings. The third-order valence-electron chi connectivity index (χ3n) is 2.96. The van der Waals surface area contributed by atoms with Gasteiger partial charge in [-0.1, -0.05) is 13.8 Å². The molecule has 0 aromatic carbocycles. The van der Waals surface area contributed by atoms with Gasteiger partial charge >= 0.3 is 0 Å². The molecule has 13 heavy (non-hydrogen) atoms. The lowest BCUT2D eigenvalue weighted by Gasteiger charge is -2.22. The minimum atomic E-state index is 0.258. The Hall–Kier alpha value is -0.0800. The van der Waals surface area contributed by atoms with E-state index >= 15 is 0 Å². The Morgan fingerprint density at radius 1 is 1.31 bits per heavy atom. The van der Waals surface area contributed by atoms with Gasteiger partial charge in [-0.3, -0.25) is 0 Å². The molecular weight excluding hydrogens is 162 g/mol. The third kappa shape index (κ3) is 2.44. The first-order chi connectivity index (χ1) is 6.20. The van der Waals surface area contributed by atoms with Crippen LogP contribution < -0.4 is 0 Å². The minimum absolute atomic E-state index is 0.258. The van der Waals surface area contributed by atoms with Crippen molar-refractivity contribution in [1.29, 1.82) is 0 Å². The first-order valence-electron chi connectivity index (χ1n) is 5.57. The van der Waals surface area contributed by atoms with Gasteiger partial charge in [0.1, 0.15) is 0 Å². The monoisotopic (exact) mass is 185 g/mol. The fourth-order valence-electron chi connectivity index (χ4n) is 2.36. The molecule has 2 saturated heterocycles. The maximum absolute atomic E-state index is 5.94. The number of ether oxygens (including phenoxy) is 1. The molecule has 0 aliphatic carbocycles. The van der Waals surface area contributed by atoms with Crippen LogP contribution in [0.1, 0.15) is 40.0 Å². The summed E-state index contributed by atoms with van der Waals surface area (Å²) < 4.78 is 5.94. The van der Waals surface area contributed by atoms with E-state index in [2.05, 4.69) is 18.9 Å². The van der Waals surface area contributed by atoms with Crippen LogP contribution in [-0.2, 0) is 4.74 Å². The molecule has 2 heterocycles. The highest BCUT2D eigenvalue weighted by molar-refractivity contribution is 4.95. The lowest BCUT2D eigenvalue weighted by Crippen LogP contribution is -2.31. The standard InChI is InChI=1S/C9H17NO.C2H6/c1-8-3-4-9(11-8)5-6-10(2)7-9;1-2/h8H,3-7H2,1-2H3;1-2H3. The molecule has 78 valence electrons. The predicted octanol–water partition coefficient (Wildman–Crippen LogP) is 2.29. The minimum Gasteiger partial charge on any atom is -0.371 e. The average Bonchev–Trinajstić information content (AvgIpc) is 2.65. The Morgan fingerprint density at radius 2 is 2.00 bits per heavy atom. The Balaban J connectivity index is 0.000000396. The quantitative estimate of drug-likeness (QED) is 0.574. The van der Waals surface area contributed by atoms with Crippen molar-refractivity contribution in [2.75, 3.05) is 20.1 Å². The zero-order chi connectivity index (χ0) is 9.90. The molecule has 2 aliphatic rings. The summed E-state index contributed by atoms with van der Waals surface area (Å²) in [5.41, 5.74) is 0.258. The third-order valence-corrected chi connectivity index (χ3v) is 2.96. The molecule has 2 rings (SSSR count). The fraction of sp³-hybridized carbons (Fsp3) is 1.00. The Labute approximate surface area is 82.3 Å². The van der Waals surface area contributed by atoms with Gasteiger partial charge in [-0.05, 0) is 33.2 Å². The number of rotatable bonds is 0. The van der Waals surface area contributed by atoms with E-state index in [1.54, 1.807) is 0 Å². The van der Waals surface area contributed by atoms with Crippen molar-refractivity contribution in [2.45, 2.75) is 51.7 Å². The van der Waals surface area contributed by atoms with Gasteiger partial charge < -0.3 is 9.64 Å². The normalized spacial score (nSPS) is 39.2. The lowest BCUT2D eigenvalue weighted by atomic mass is 9.99. The van der Waals surface area contributed by atoms with Crippen LogP contribution in [0.4, 0.5) is 0 Å². The van der Waals surface area contributed by atoms with E-state index in [0.717, 1.165) is 6.54 Å². The first-order valence-corrected chi connectivity index (χ1v) is 5.57. The van der Waals surface area contributed by atoms with Crippen molar-refractivity contribution in [3.63, 3.8) is 0 Å². The van der Waals surface area contributed by atoms with Crippen LogP contribution in [-0.4, -0.2) is 36.7 Å². The van der Waals surface area contributed by atoms with E-state index in [4.69, 9.17) is 4.74 Å². The van der Waals surface area contributed by atoms with Gasteiger partial charge in [0.15, 0.2) is 0 Å². The highest BCUT2D eigenvalue weighted by atomic mass is 16.5. The highest BCUT2D eigenvalue weighted by Crippen LogP contribution is 2.37. The summed E-state index contributed by atoms with van der Waals surface area (Å²) in [5.74, 6) is 0. The maximum Gasteiger partial charge on any atom is 0.0825 e. The summed E-state index contributed by atoms with van der Waals surface area (Å²) in [5, 5.41) is 0. The molecule has 0 amide bonds. The van der Waals surface area contributed by atoms with E-state index in [1.807, 2.05) is 13.8 Å². The van der Waals surface area contributed by atoms with Crippen molar-refractivity contribution < 1.29 is 4.74 Å². The van der Waals surface area contributed by atoms with Gasteiger partial charge in [0.25, 0.3) is 0 Å². The summed E-state index contributed by atoms with van der Waals surface area (Å²) in [7, 11) is 2.18. The Morgan fingerprint density at radius 3 is 2.38 bits per heavy atom. The number of likely N-dealkylation sites (tertiary alicyclic amines) is 1. The molecule has 2 unspecified atom stereocenters. The molecule has 0 aromatic heterocycles. The van der Waals surface area contributed by atoms with Crippen molar-refractivity contribution >= 4 is 0 Å². The zero-order valence-corrected chi connectivity index (χ0v) is 9.47. The van der Waals surface area contributed by atoms with E-state index in [1.165, 1.54) is 25.8 Å². The van der Waals surface area contributed by atoms with Crippen LogP contribution >= 0.6 is 0 Å². The summed E-state index contributed by atoms with van der Waals surface area (Å²) in [6.45, 7) is 8.55. The maximum atomic E-state index is 5.94. The largest absolute Gasteiger partial charge is 0.371 e. The van der Waals surface area contributed by atoms with Gasteiger partial charge in [0.05, 0.1) is 11.7 Å². The summed E-state index contributed by atoms with van der Waals surface area (Å²) in [6, 6.07) is 0. The molecule has 2 heteroatoms. The van der Waals surface area contributed by atoms with Crippen molar-refractivity contribution in [3.05, 3.63) is 0 Å². The first kappa shape index (κ1) is 11.0. The highest BCUT2D eigenvalue weighted by Gasteiger charge is 2.42. The SMILES string of the molecule is CC.CC1CCC2(CCN(C)C2)O1. The second-order valence-corrected chi connectivity index (χ2v) is 4.14. The number of hydrogen-bond donors (Lipinski definition) is 0. The Bertz CT molecular complexity index is 140. The molecule has 0 saturated carbocycles. The van der Waals surface area contributed by atoms with Crippen LogP contribution in [0.25, 0.3) is 0 Å². The summed E-state index contributed by atoms with van der Waals surface area (Å²) >= 11 is 0. The van der Waals surface area contributed by atoms with E-state index in [9.17, 15) is 0 Å². The molecule has 2 atom stereocenters. The summed E-state index contributed by atoms with van der Waals surface area (Å²) in [4.78, 5) is 2.37. The van der Waals surface area contributed by atoms with Crippen molar-refractivity contribution in [2.24, 2.45) is 0 Å². The smallest absolute Gasteiger partial charge is 0.0825 e. The van der Waals surface area contributed by atoms with Gasteiger partial charge in [-0.2, -0.15) is 0 Å². The molecule has 1 spiro atoms.